The van der Waals surface area contributed by atoms with Gasteiger partial charge in [0.1, 0.15) is 0 Å². The van der Waals surface area contributed by atoms with Gasteiger partial charge in [-0.05, 0) is 45.7 Å². The topological polar surface area (TPSA) is 89.0 Å². The van der Waals surface area contributed by atoms with E-state index in [0.717, 1.165) is 26.2 Å². The molecule has 0 atom stereocenters. The van der Waals surface area contributed by atoms with Crippen molar-refractivity contribution in [1.29, 1.82) is 0 Å². The number of halogens is 1. The van der Waals surface area contributed by atoms with E-state index in [2.05, 4.69) is 22.2 Å². The molecule has 166 valence electrons. The SMILES string of the molecule is CN1CCN(C(=O)C2CCN(c3c(F)cncc3CC(C)(C)NC(=O)O)CC2)CC1. The van der Waals surface area contributed by atoms with Crippen LogP contribution in [0.15, 0.2) is 12.4 Å². The minimum absolute atomic E-state index is 0.0249. The number of amides is 2. The van der Waals surface area contributed by atoms with Gasteiger partial charge in [0.2, 0.25) is 5.91 Å². The summed E-state index contributed by atoms with van der Waals surface area (Å²) in [5.74, 6) is -0.226. The summed E-state index contributed by atoms with van der Waals surface area (Å²) in [4.78, 5) is 34.0. The molecule has 2 aliphatic rings. The maximum atomic E-state index is 14.7. The summed E-state index contributed by atoms with van der Waals surface area (Å²) in [5.41, 5.74) is 0.375. The van der Waals surface area contributed by atoms with Gasteiger partial charge in [-0.1, -0.05) is 0 Å². The van der Waals surface area contributed by atoms with E-state index in [1.165, 1.54) is 6.20 Å². The predicted octanol–water partition coefficient (Wildman–Crippen LogP) is 1.80. The number of nitrogens with zero attached hydrogens (tertiary/aromatic N) is 4. The molecule has 2 aliphatic heterocycles. The molecule has 3 rings (SSSR count). The molecular formula is C21H32FN5O3. The molecule has 0 bridgehead atoms. The van der Waals surface area contributed by atoms with E-state index in [1.54, 1.807) is 20.0 Å². The lowest BCUT2D eigenvalue weighted by molar-refractivity contribution is -0.137. The largest absolute Gasteiger partial charge is 0.465 e. The summed E-state index contributed by atoms with van der Waals surface area (Å²) < 4.78 is 14.7. The zero-order chi connectivity index (χ0) is 21.9. The molecule has 2 saturated heterocycles. The molecule has 0 aromatic carbocycles. The lowest BCUT2D eigenvalue weighted by Crippen LogP contribution is -2.50. The van der Waals surface area contributed by atoms with Gasteiger partial charge >= 0.3 is 6.09 Å². The molecule has 2 N–H and O–H groups in total. The predicted molar refractivity (Wildman–Crippen MR) is 112 cm³/mol. The number of piperazine rings is 1. The minimum atomic E-state index is -1.12. The number of hydrogen-bond acceptors (Lipinski definition) is 5. The number of hydrogen-bond donors (Lipinski definition) is 2. The fraction of sp³-hybridized carbons (Fsp3) is 0.667. The molecule has 3 heterocycles. The highest BCUT2D eigenvalue weighted by Gasteiger charge is 2.32. The summed E-state index contributed by atoms with van der Waals surface area (Å²) >= 11 is 0. The number of carboxylic acid groups (broad SMARTS) is 1. The van der Waals surface area contributed by atoms with Crippen molar-refractivity contribution in [3.05, 3.63) is 23.8 Å². The summed E-state index contributed by atoms with van der Waals surface area (Å²) in [6.07, 6.45) is 3.36. The zero-order valence-corrected chi connectivity index (χ0v) is 18.0. The van der Waals surface area contributed by atoms with E-state index in [1.807, 2.05) is 9.80 Å². The Kier molecular flexibility index (Phi) is 6.80. The third-order valence-corrected chi connectivity index (χ3v) is 6.00. The number of likely N-dealkylation sites (N-methyl/N-ethyl adjacent to an activating group) is 1. The average Bonchev–Trinajstić information content (AvgIpc) is 2.67. The number of pyridine rings is 1. The maximum Gasteiger partial charge on any atom is 0.405 e. The number of carbonyl (C=O) groups is 2. The molecule has 9 heteroatoms. The Labute approximate surface area is 177 Å². The van der Waals surface area contributed by atoms with Crippen LogP contribution in [-0.2, 0) is 11.2 Å². The van der Waals surface area contributed by atoms with Crippen molar-refractivity contribution >= 4 is 17.7 Å². The molecule has 0 aliphatic carbocycles. The van der Waals surface area contributed by atoms with E-state index in [4.69, 9.17) is 5.11 Å². The van der Waals surface area contributed by atoms with Crippen molar-refractivity contribution in [2.45, 2.75) is 38.6 Å². The van der Waals surface area contributed by atoms with Crippen molar-refractivity contribution < 1.29 is 19.1 Å². The Hall–Kier alpha value is -2.42. The second-order valence-electron chi connectivity index (χ2n) is 9.01. The van der Waals surface area contributed by atoms with E-state index < -0.39 is 17.4 Å². The van der Waals surface area contributed by atoms with Gasteiger partial charge in [-0.2, -0.15) is 0 Å². The number of anilines is 1. The molecule has 0 unspecified atom stereocenters. The third-order valence-electron chi connectivity index (χ3n) is 6.00. The van der Waals surface area contributed by atoms with Crippen LogP contribution in [0.2, 0.25) is 0 Å². The number of aromatic nitrogens is 1. The highest BCUT2D eigenvalue weighted by atomic mass is 19.1. The van der Waals surface area contributed by atoms with E-state index in [9.17, 15) is 14.0 Å². The highest BCUT2D eigenvalue weighted by molar-refractivity contribution is 5.79. The number of carbonyl (C=O) groups excluding carboxylic acids is 1. The molecule has 1 aromatic rings. The Morgan fingerprint density at radius 2 is 1.80 bits per heavy atom. The van der Waals surface area contributed by atoms with Gasteiger partial charge in [-0.15, -0.1) is 0 Å². The van der Waals surface area contributed by atoms with Crippen LogP contribution in [0.25, 0.3) is 0 Å². The van der Waals surface area contributed by atoms with Gasteiger partial charge < -0.3 is 25.1 Å². The zero-order valence-electron chi connectivity index (χ0n) is 18.0. The molecule has 2 amide bonds. The first-order valence-electron chi connectivity index (χ1n) is 10.5. The first-order valence-corrected chi connectivity index (χ1v) is 10.5. The summed E-state index contributed by atoms with van der Waals surface area (Å²) in [5, 5.41) is 11.5. The van der Waals surface area contributed by atoms with E-state index in [0.29, 0.717) is 43.6 Å². The first-order chi connectivity index (χ1) is 14.2. The van der Waals surface area contributed by atoms with Crippen LogP contribution < -0.4 is 10.2 Å². The highest BCUT2D eigenvalue weighted by Crippen LogP contribution is 2.31. The third kappa shape index (κ3) is 5.38. The summed E-state index contributed by atoms with van der Waals surface area (Å²) in [7, 11) is 2.06. The van der Waals surface area contributed by atoms with Gasteiger partial charge in [0.05, 0.1) is 11.9 Å². The van der Waals surface area contributed by atoms with E-state index in [-0.39, 0.29) is 11.8 Å². The van der Waals surface area contributed by atoms with Crippen LogP contribution in [0.1, 0.15) is 32.3 Å². The van der Waals surface area contributed by atoms with Crippen molar-refractivity contribution in [2.24, 2.45) is 5.92 Å². The lowest BCUT2D eigenvalue weighted by Gasteiger charge is -2.39. The molecule has 2 fully saturated rings. The molecule has 0 spiro atoms. The fourth-order valence-electron chi connectivity index (χ4n) is 4.40. The van der Waals surface area contributed by atoms with Gasteiger partial charge in [-0.25, -0.2) is 9.18 Å². The van der Waals surface area contributed by atoms with Gasteiger partial charge in [-0.3, -0.25) is 9.78 Å². The van der Waals surface area contributed by atoms with Crippen molar-refractivity contribution in [2.75, 3.05) is 51.2 Å². The normalized spacial score (nSPS) is 19.1. The lowest BCUT2D eigenvalue weighted by atomic mass is 9.92. The Balaban J connectivity index is 1.66. The first kappa shape index (κ1) is 22.3. The van der Waals surface area contributed by atoms with E-state index >= 15 is 0 Å². The number of rotatable bonds is 5. The number of nitrogens with one attached hydrogen (secondary N) is 1. The fourth-order valence-corrected chi connectivity index (χ4v) is 4.40. The quantitative estimate of drug-likeness (QED) is 0.754. The summed E-state index contributed by atoms with van der Waals surface area (Å²) in [6.45, 7) is 8.03. The molecule has 8 nitrogen and oxygen atoms in total. The molecule has 1 aromatic heterocycles. The van der Waals surface area contributed by atoms with Crippen molar-refractivity contribution in [3.8, 4) is 0 Å². The van der Waals surface area contributed by atoms with Crippen LogP contribution >= 0.6 is 0 Å². The second kappa shape index (κ2) is 9.16. The van der Waals surface area contributed by atoms with Crippen molar-refractivity contribution in [3.63, 3.8) is 0 Å². The van der Waals surface area contributed by atoms with Gasteiger partial charge in [0.25, 0.3) is 0 Å². The Morgan fingerprint density at radius 1 is 1.17 bits per heavy atom. The molecule has 0 radical (unpaired) electrons. The van der Waals surface area contributed by atoms with Crippen LogP contribution in [-0.4, -0.2) is 83.7 Å². The van der Waals surface area contributed by atoms with Gasteiger partial charge in [0.15, 0.2) is 5.82 Å². The number of piperidine rings is 1. The van der Waals surface area contributed by atoms with Gasteiger partial charge in [0, 0.05) is 56.9 Å². The maximum absolute atomic E-state index is 14.7. The van der Waals surface area contributed by atoms with Crippen LogP contribution in [0, 0.1) is 11.7 Å². The standard InChI is InChI=1S/C21H32FN5O3/c1-21(2,24-20(29)30)12-16-13-23-14-17(22)18(16)26-6-4-15(5-7-26)19(28)27-10-8-25(3)9-11-27/h13-15,24H,4-12H2,1-3H3,(H,29,30). The van der Waals surface area contributed by atoms with Crippen LogP contribution in [0.4, 0.5) is 14.9 Å². The Morgan fingerprint density at radius 3 is 2.40 bits per heavy atom. The van der Waals surface area contributed by atoms with Crippen LogP contribution in [0.3, 0.4) is 0 Å². The summed E-state index contributed by atoms with van der Waals surface area (Å²) in [6, 6.07) is 0. The van der Waals surface area contributed by atoms with Crippen LogP contribution in [0.5, 0.6) is 0 Å². The molecule has 0 saturated carbocycles. The smallest absolute Gasteiger partial charge is 0.405 e. The molecular weight excluding hydrogens is 389 g/mol. The van der Waals surface area contributed by atoms with Crippen molar-refractivity contribution in [1.82, 2.24) is 20.1 Å². The molecule has 30 heavy (non-hydrogen) atoms. The monoisotopic (exact) mass is 421 g/mol. The second-order valence-corrected chi connectivity index (χ2v) is 9.01. The minimum Gasteiger partial charge on any atom is -0.465 e. The average molecular weight is 422 g/mol. The Bertz CT molecular complexity index is 772.